The monoisotopic (exact) mass is 584 g/mol. The van der Waals surface area contributed by atoms with Gasteiger partial charge in [-0.25, -0.2) is 0 Å². The Morgan fingerprint density at radius 1 is 1.21 bits per heavy atom. The number of hydrogen-bond donors (Lipinski definition) is 1. The first-order chi connectivity index (χ1) is 20.7. The first-order valence-electron chi connectivity index (χ1n) is 16.2. The van der Waals surface area contributed by atoms with E-state index in [1.165, 1.54) is 19.8 Å². The minimum atomic E-state index is -0.439. The summed E-state index contributed by atoms with van der Waals surface area (Å²) < 4.78 is 12.6. The van der Waals surface area contributed by atoms with Crippen molar-refractivity contribution in [1.82, 2.24) is 9.80 Å². The van der Waals surface area contributed by atoms with Crippen molar-refractivity contribution in [2.75, 3.05) is 19.6 Å². The largest absolute Gasteiger partial charge is 0.508 e. The molecular weight excluding hydrogens is 540 g/mol. The molecule has 1 amide bonds. The van der Waals surface area contributed by atoms with E-state index in [0.717, 1.165) is 66.9 Å². The zero-order valence-electron chi connectivity index (χ0n) is 25.8. The maximum absolute atomic E-state index is 14.0. The zero-order chi connectivity index (χ0) is 30.0. The minimum absolute atomic E-state index is 0.00331. The molecular formula is C36H44N2O5. The zero-order valence-corrected chi connectivity index (χ0v) is 25.8. The lowest BCUT2D eigenvalue weighted by Gasteiger charge is -2.60. The molecule has 2 aromatic carbocycles. The van der Waals surface area contributed by atoms with Gasteiger partial charge in [-0.05, 0) is 81.4 Å². The minimum Gasteiger partial charge on any atom is -0.508 e. The summed E-state index contributed by atoms with van der Waals surface area (Å²) in [5.74, 6) is 2.08. The van der Waals surface area contributed by atoms with Crippen LogP contribution in [0.25, 0.3) is 6.08 Å². The summed E-state index contributed by atoms with van der Waals surface area (Å²) in [5.41, 5.74) is 3.81. The molecule has 2 aromatic rings. The average Bonchev–Trinajstić information content (AvgIpc) is 3.71. The van der Waals surface area contributed by atoms with Crippen LogP contribution in [0.2, 0.25) is 0 Å². The number of hydrogen-bond acceptors (Lipinski definition) is 6. The van der Waals surface area contributed by atoms with Crippen molar-refractivity contribution < 1.29 is 24.2 Å². The van der Waals surface area contributed by atoms with Crippen molar-refractivity contribution in [3.05, 3.63) is 58.7 Å². The van der Waals surface area contributed by atoms with Gasteiger partial charge in [0.15, 0.2) is 11.5 Å². The van der Waals surface area contributed by atoms with Crippen LogP contribution in [0.3, 0.4) is 0 Å². The molecule has 2 bridgehead atoms. The molecule has 1 saturated heterocycles. The molecule has 228 valence electrons. The number of aromatic hydroxyl groups is 1. The average molecular weight is 585 g/mol. The van der Waals surface area contributed by atoms with E-state index in [0.29, 0.717) is 30.0 Å². The van der Waals surface area contributed by atoms with Crippen molar-refractivity contribution >= 4 is 18.0 Å². The normalized spacial score (nSPS) is 29.0. The maximum atomic E-state index is 14.0. The van der Waals surface area contributed by atoms with E-state index in [2.05, 4.69) is 37.8 Å². The number of nitrogens with zero attached hydrogens (tertiary/aromatic N) is 2. The van der Waals surface area contributed by atoms with Crippen LogP contribution >= 0.6 is 0 Å². The van der Waals surface area contributed by atoms with E-state index in [9.17, 15) is 14.7 Å². The van der Waals surface area contributed by atoms with Crippen molar-refractivity contribution in [2.45, 2.75) is 89.8 Å². The van der Waals surface area contributed by atoms with Crippen LogP contribution in [-0.2, 0) is 21.4 Å². The lowest BCUT2D eigenvalue weighted by molar-refractivity contribution is -0.138. The van der Waals surface area contributed by atoms with Gasteiger partial charge in [0.25, 0.3) is 0 Å². The molecule has 0 aromatic heterocycles. The fourth-order valence-electron chi connectivity index (χ4n) is 8.88. The smallest absolute Gasteiger partial charge is 0.308 e. The van der Waals surface area contributed by atoms with E-state index in [1.807, 2.05) is 23.1 Å². The first-order valence-corrected chi connectivity index (χ1v) is 16.2. The molecule has 43 heavy (non-hydrogen) atoms. The number of phenolic OH excluding ortho intramolecular Hbond substituents is 1. The molecule has 7 nitrogen and oxygen atoms in total. The Bertz CT molecular complexity index is 1480. The van der Waals surface area contributed by atoms with Crippen LogP contribution in [0, 0.1) is 24.7 Å². The summed E-state index contributed by atoms with van der Waals surface area (Å²) in [5, 5.41) is 11.4. The molecule has 7 rings (SSSR count). The summed E-state index contributed by atoms with van der Waals surface area (Å²) in [6.07, 6.45) is 9.54. The number of aryl methyl sites for hydroxylation is 1. The quantitative estimate of drug-likeness (QED) is 0.246. The Morgan fingerprint density at radius 3 is 2.74 bits per heavy atom. The molecule has 2 aliphatic heterocycles. The Balaban J connectivity index is 1.30. The van der Waals surface area contributed by atoms with Gasteiger partial charge in [-0.2, -0.15) is 0 Å². The van der Waals surface area contributed by atoms with Crippen molar-refractivity contribution in [2.24, 2.45) is 17.8 Å². The van der Waals surface area contributed by atoms with Crippen LogP contribution in [0.5, 0.6) is 17.2 Å². The van der Waals surface area contributed by atoms with Gasteiger partial charge in [0.1, 0.15) is 11.9 Å². The first kappa shape index (κ1) is 28.5. The highest BCUT2D eigenvalue weighted by Crippen LogP contribution is 2.66. The number of carbonyl (C=O) groups is 2. The van der Waals surface area contributed by atoms with E-state index >= 15 is 0 Å². The third-order valence-electron chi connectivity index (χ3n) is 10.6. The van der Waals surface area contributed by atoms with Gasteiger partial charge in [-0.3, -0.25) is 14.5 Å². The van der Waals surface area contributed by atoms with Gasteiger partial charge in [-0.1, -0.05) is 43.7 Å². The second-order valence-electron chi connectivity index (χ2n) is 14.1. The fraction of sp³-hybridized carbons (Fsp3) is 0.556. The Hall–Kier alpha value is -3.32. The molecule has 0 unspecified atom stereocenters. The number of phenols is 1. The third-order valence-corrected chi connectivity index (χ3v) is 10.6. The van der Waals surface area contributed by atoms with E-state index in [-0.39, 0.29) is 35.1 Å². The second-order valence-corrected chi connectivity index (χ2v) is 14.1. The SMILES string of the molecule is CC(=O)Oc1cc(O)c2c3c1O[C@H]1[C@@H](N(CC(C)C)C(=O)C=Cc4cccc(C)c4)CC[C@H]4[C@@H](C2)N(CC2CC2)CC[C@@]341. The van der Waals surface area contributed by atoms with E-state index in [4.69, 9.17) is 9.47 Å². The number of likely N-dealkylation sites (tertiary alicyclic amines) is 1. The predicted octanol–water partition coefficient (Wildman–Crippen LogP) is 5.64. The summed E-state index contributed by atoms with van der Waals surface area (Å²) in [6, 6.07) is 9.95. The second kappa shape index (κ2) is 10.7. The molecule has 3 aliphatic carbocycles. The van der Waals surface area contributed by atoms with Crippen molar-refractivity contribution in [3.8, 4) is 17.2 Å². The standard InChI is InChI=1S/C36H44N2O5/c1-21(2)19-38(32(41)13-10-24-7-5-6-22(3)16-24)28-12-11-27-29-17-26-30(40)18-31(42-23(4)39)34-33(26)36(27,35(28)43-34)14-15-37(29)20-25-8-9-25/h5-7,10,13,16,18,21,25,27-29,35,40H,8-9,11-12,14-15,17,19-20H2,1-4H3/t27-,28-,29+,35-,36-/m0/s1. The number of amides is 1. The summed E-state index contributed by atoms with van der Waals surface area (Å²) in [7, 11) is 0. The van der Waals surface area contributed by atoms with Crippen LogP contribution in [0.4, 0.5) is 0 Å². The molecule has 5 atom stereocenters. The number of esters is 1. The van der Waals surface area contributed by atoms with Gasteiger partial charge in [0, 0.05) is 54.7 Å². The highest BCUT2D eigenvalue weighted by molar-refractivity contribution is 5.92. The van der Waals surface area contributed by atoms with Crippen molar-refractivity contribution in [1.29, 1.82) is 0 Å². The molecule has 2 saturated carbocycles. The van der Waals surface area contributed by atoms with Gasteiger partial charge < -0.3 is 19.5 Å². The van der Waals surface area contributed by atoms with Gasteiger partial charge >= 0.3 is 5.97 Å². The molecule has 1 spiro atoms. The fourth-order valence-corrected chi connectivity index (χ4v) is 8.88. The maximum Gasteiger partial charge on any atom is 0.308 e. The Kier molecular flexibility index (Phi) is 7.07. The number of ether oxygens (including phenoxy) is 2. The molecule has 0 radical (unpaired) electrons. The lowest BCUT2D eigenvalue weighted by atomic mass is 9.50. The van der Waals surface area contributed by atoms with Crippen molar-refractivity contribution in [3.63, 3.8) is 0 Å². The summed E-state index contributed by atoms with van der Waals surface area (Å²) >= 11 is 0. The molecule has 7 heteroatoms. The van der Waals surface area contributed by atoms with Gasteiger partial charge in [0.05, 0.1) is 6.04 Å². The number of rotatable bonds is 8. The highest BCUT2D eigenvalue weighted by atomic mass is 16.6. The highest BCUT2D eigenvalue weighted by Gasteiger charge is 2.67. The van der Waals surface area contributed by atoms with E-state index < -0.39 is 5.97 Å². The lowest BCUT2D eigenvalue weighted by Crippen LogP contribution is -2.69. The van der Waals surface area contributed by atoms with Crippen LogP contribution in [0.1, 0.15) is 75.1 Å². The number of carbonyl (C=O) groups excluding carboxylic acids is 2. The Morgan fingerprint density at radius 2 is 2.02 bits per heavy atom. The predicted molar refractivity (Wildman–Crippen MR) is 165 cm³/mol. The number of piperidine rings is 1. The molecule has 3 fully saturated rings. The van der Waals surface area contributed by atoms with Gasteiger partial charge in [-0.15, -0.1) is 0 Å². The van der Waals surface area contributed by atoms with E-state index in [1.54, 1.807) is 12.1 Å². The van der Waals surface area contributed by atoms with Crippen LogP contribution < -0.4 is 9.47 Å². The molecule has 1 N–H and O–H groups in total. The molecule has 2 heterocycles. The van der Waals surface area contributed by atoms with Crippen LogP contribution in [-0.4, -0.2) is 64.6 Å². The third kappa shape index (κ3) is 4.84. The van der Waals surface area contributed by atoms with Crippen LogP contribution in [0.15, 0.2) is 36.4 Å². The number of benzene rings is 2. The molecule has 5 aliphatic rings. The van der Waals surface area contributed by atoms with Gasteiger partial charge in [0.2, 0.25) is 5.91 Å². The summed E-state index contributed by atoms with van der Waals surface area (Å²) in [4.78, 5) is 30.9. The summed E-state index contributed by atoms with van der Waals surface area (Å²) in [6.45, 7) is 10.5. The Labute approximate surface area is 254 Å². The topological polar surface area (TPSA) is 79.3 Å².